The van der Waals surface area contributed by atoms with E-state index in [-0.39, 0.29) is 10.6 Å². The number of hydrogen-bond acceptors (Lipinski definition) is 4. The number of para-hydroxylation sites is 1. The van der Waals surface area contributed by atoms with E-state index in [4.69, 9.17) is 0 Å². The molecule has 1 N–H and O–H groups in total. The molecule has 110 valence electrons. The van der Waals surface area contributed by atoms with E-state index in [0.717, 1.165) is 17.7 Å². The van der Waals surface area contributed by atoms with Crippen LogP contribution >= 0.6 is 0 Å². The maximum absolute atomic E-state index is 10.9. The van der Waals surface area contributed by atoms with Gasteiger partial charge in [-0.3, -0.25) is 15.1 Å². The molecule has 1 aromatic heterocycles. The second kappa shape index (κ2) is 7.50. The number of aryl methyl sites for hydroxylation is 1. The molecule has 0 spiro atoms. The summed E-state index contributed by atoms with van der Waals surface area (Å²) in [6.07, 6.45) is 3.37. The highest BCUT2D eigenvalue weighted by Crippen LogP contribution is 2.17. The Balaban J connectivity index is 1.89. The van der Waals surface area contributed by atoms with Gasteiger partial charge in [0.2, 0.25) is 0 Å². The zero-order chi connectivity index (χ0) is 15.1. The highest BCUT2D eigenvalue weighted by molar-refractivity contribution is 5.39. The molecule has 0 aliphatic heterocycles. The second-order valence-electron chi connectivity index (χ2n) is 4.78. The summed E-state index contributed by atoms with van der Waals surface area (Å²) >= 11 is 0. The Morgan fingerprint density at radius 1 is 1.19 bits per heavy atom. The van der Waals surface area contributed by atoms with E-state index in [1.54, 1.807) is 24.4 Å². The average molecular weight is 285 g/mol. The van der Waals surface area contributed by atoms with Gasteiger partial charge < -0.3 is 5.32 Å². The quantitative estimate of drug-likeness (QED) is 0.482. The zero-order valence-corrected chi connectivity index (χ0v) is 12.1. The van der Waals surface area contributed by atoms with Crippen molar-refractivity contribution in [3.63, 3.8) is 0 Å². The molecule has 0 aliphatic rings. The van der Waals surface area contributed by atoms with Crippen LogP contribution in [-0.2, 0) is 19.4 Å². The van der Waals surface area contributed by atoms with Gasteiger partial charge in [-0.2, -0.15) is 0 Å². The Morgan fingerprint density at radius 2 is 1.95 bits per heavy atom. The predicted octanol–water partition coefficient (Wildman–Crippen LogP) is 2.88. The summed E-state index contributed by atoms with van der Waals surface area (Å²) in [5, 5.41) is 14.2. The fraction of sp³-hybridized carbons (Fsp3) is 0.312. The number of rotatable bonds is 7. The van der Waals surface area contributed by atoms with Gasteiger partial charge in [-0.1, -0.05) is 31.2 Å². The summed E-state index contributed by atoms with van der Waals surface area (Å²) in [6.45, 7) is 3.48. The van der Waals surface area contributed by atoms with Gasteiger partial charge in [0.1, 0.15) is 0 Å². The Morgan fingerprint density at radius 3 is 2.71 bits per heavy atom. The van der Waals surface area contributed by atoms with E-state index in [0.29, 0.717) is 19.5 Å². The molecule has 21 heavy (non-hydrogen) atoms. The van der Waals surface area contributed by atoms with Gasteiger partial charge in [-0.25, -0.2) is 0 Å². The van der Waals surface area contributed by atoms with Crippen molar-refractivity contribution in [2.45, 2.75) is 26.3 Å². The lowest BCUT2D eigenvalue weighted by atomic mass is 10.1. The van der Waals surface area contributed by atoms with Crippen molar-refractivity contribution >= 4 is 5.69 Å². The van der Waals surface area contributed by atoms with Crippen molar-refractivity contribution in [2.24, 2.45) is 0 Å². The van der Waals surface area contributed by atoms with Crippen LogP contribution in [0, 0.1) is 10.1 Å². The largest absolute Gasteiger partial charge is 0.311 e. The number of nitro benzene ring substituents is 1. The SMILES string of the molecule is CCc1cccnc1CNCCc1ccccc1[N+](=O)[O-]. The van der Waals surface area contributed by atoms with Gasteiger partial charge in [-0.15, -0.1) is 0 Å². The molecule has 0 aliphatic carbocycles. The molecule has 5 heteroatoms. The molecule has 0 atom stereocenters. The van der Waals surface area contributed by atoms with E-state index in [9.17, 15) is 10.1 Å². The molecule has 5 nitrogen and oxygen atoms in total. The molecule has 0 saturated heterocycles. The van der Waals surface area contributed by atoms with Crippen LogP contribution in [0.5, 0.6) is 0 Å². The third-order valence-electron chi connectivity index (χ3n) is 3.42. The minimum absolute atomic E-state index is 0.186. The molecule has 2 rings (SSSR count). The molecule has 1 heterocycles. The van der Waals surface area contributed by atoms with Crippen LogP contribution in [-0.4, -0.2) is 16.5 Å². The smallest absolute Gasteiger partial charge is 0.272 e. The van der Waals surface area contributed by atoms with Crippen molar-refractivity contribution in [3.05, 3.63) is 69.5 Å². The van der Waals surface area contributed by atoms with E-state index >= 15 is 0 Å². The van der Waals surface area contributed by atoms with Crippen LogP contribution < -0.4 is 5.32 Å². The molecule has 2 aromatic rings. The fourth-order valence-corrected chi connectivity index (χ4v) is 2.28. The van der Waals surface area contributed by atoms with E-state index in [1.807, 2.05) is 12.1 Å². The van der Waals surface area contributed by atoms with Gasteiger partial charge in [0.15, 0.2) is 0 Å². The van der Waals surface area contributed by atoms with Crippen LogP contribution in [0.1, 0.15) is 23.7 Å². The summed E-state index contributed by atoms with van der Waals surface area (Å²) < 4.78 is 0. The topological polar surface area (TPSA) is 68.1 Å². The molecular formula is C16H19N3O2. The summed E-state index contributed by atoms with van der Waals surface area (Å²) in [6, 6.07) is 10.9. The first-order chi connectivity index (χ1) is 10.2. The number of nitrogens with zero attached hydrogens (tertiary/aromatic N) is 2. The van der Waals surface area contributed by atoms with Gasteiger partial charge in [0.25, 0.3) is 5.69 Å². The fourth-order valence-electron chi connectivity index (χ4n) is 2.28. The van der Waals surface area contributed by atoms with Crippen LogP contribution in [0.25, 0.3) is 0 Å². The average Bonchev–Trinajstić information content (AvgIpc) is 2.52. The van der Waals surface area contributed by atoms with Crippen molar-refractivity contribution in [1.29, 1.82) is 0 Å². The van der Waals surface area contributed by atoms with E-state index in [1.165, 1.54) is 5.56 Å². The van der Waals surface area contributed by atoms with Crippen LogP contribution in [0.4, 0.5) is 5.69 Å². The molecule has 0 unspecified atom stereocenters. The van der Waals surface area contributed by atoms with Gasteiger partial charge >= 0.3 is 0 Å². The monoisotopic (exact) mass is 285 g/mol. The molecule has 0 saturated carbocycles. The predicted molar refractivity (Wildman–Crippen MR) is 82.1 cm³/mol. The van der Waals surface area contributed by atoms with Gasteiger partial charge in [0, 0.05) is 24.4 Å². The Labute approximate surface area is 124 Å². The lowest BCUT2D eigenvalue weighted by Gasteiger charge is -2.08. The number of benzene rings is 1. The molecule has 0 bridgehead atoms. The minimum atomic E-state index is -0.330. The molecule has 1 aromatic carbocycles. The summed E-state index contributed by atoms with van der Waals surface area (Å²) in [4.78, 5) is 15.0. The summed E-state index contributed by atoms with van der Waals surface area (Å²) in [7, 11) is 0. The van der Waals surface area contributed by atoms with Crippen molar-refractivity contribution in [2.75, 3.05) is 6.54 Å². The molecule has 0 amide bonds. The van der Waals surface area contributed by atoms with Crippen molar-refractivity contribution < 1.29 is 4.92 Å². The lowest BCUT2D eigenvalue weighted by Crippen LogP contribution is -2.18. The van der Waals surface area contributed by atoms with Crippen LogP contribution in [0.3, 0.4) is 0 Å². The van der Waals surface area contributed by atoms with Gasteiger partial charge in [-0.05, 0) is 31.0 Å². The first kappa shape index (κ1) is 15.1. The van der Waals surface area contributed by atoms with E-state index in [2.05, 4.69) is 23.3 Å². The van der Waals surface area contributed by atoms with Gasteiger partial charge in [0.05, 0.1) is 10.6 Å². The Hall–Kier alpha value is -2.27. The van der Waals surface area contributed by atoms with Crippen molar-refractivity contribution in [1.82, 2.24) is 10.3 Å². The first-order valence-corrected chi connectivity index (χ1v) is 7.08. The highest BCUT2D eigenvalue weighted by atomic mass is 16.6. The van der Waals surface area contributed by atoms with Crippen molar-refractivity contribution in [3.8, 4) is 0 Å². The molecule has 0 fully saturated rings. The normalized spacial score (nSPS) is 10.5. The second-order valence-corrected chi connectivity index (χ2v) is 4.78. The molecular weight excluding hydrogens is 266 g/mol. The Bertz CT molecular complexity index is 614. The van der Waals surface area contributed by atoms with Crippen LogP contribution in [0.15, 0.2) is 42.6 Å². The maximum atomic E-state index is 10.9. The minimum Gasteiger partial charge on any atom is -0.311 e. The number of aromatic nitrogens is 1. The number of nitro groups is 1. The third kappa shape index (κ3) is 4.10. The number of nitrogens with one attached hydrogen (secondary N) is 1. The number of pyridine rings is 1. The standard InChI is InChI=1S/C16H19N3O2/c1-2-13-7-5-10-18-15(13)12-17-11-9-14-6-3-4-8-16(14)19(20)21/h3-8,10,17H,2,9,11-12H2,1H3. The van der Waals surface area contributed by atoms with E-state index < -0.39 is 0 Å². The summed E-state index contributed by atoms with van der Waals surface area (Å²) in [5.41, 5.74) is 3.22. The maximum Gasteiger partial charge on any atom is 0.272 e. The number of hydrogen-bond donors (Lipinski definition) is 1. The zero-order valence-electron chi connectivity index (χ0n) is 12.1. The molecule has 0 radical (unpaired) electrons. The third-order valence-corrected chi connectivity index (χ3v) is 3.42. The highest BCUT2D eigenvalue weighted by Gasteiger charge is 2.11. The first-order valence-electron chi connectivity index (χ1n) is 7.08. The van der Waals surface area contributed by atoms with Crippen LogP contribution in [0.2, 0.25) is 0 Å². The lowest BCUT2D eigenvalue weighted by molar-refractivity contribution is -0.385. The summed E-state index contributed by atoms with van der Waals surface area (Å²) in [5.74, 6) is 0. The Kier molecular flexibility index (Phi) is 5.40.